The van der Waals surface area contributed by atoms with Crippen molar-refractivity contribution in [1.82, 2.24) is 9.88 Å². The van der Waals surface area contributed by atoms with Crippen LogP contribution in [0.5, 0.6) is 5.75 Å². The van der Waals surface area contributed by atoms with E-state index in [-0.39, 0.29) is 0 Å². The Morgan fingerprint density at radius 1 is 1.39 bits per heavy atom. The smallest absolute Gasteiger partial charge is 0.128 e. The van der Waals surface area contributed by atoms with Gasteiger partial charge in [0.05, 0.1) is 12.8 Å². The molecule has 1 rings (SSSR count). The Kier molecular flexibility index (Phi) is 6.09. The number of nitrogens with zero attached hydrogens (tertiary/aromatic N) is 2. The van der Waals surface area contributed by atoms with Gasteiger partial charge in [-0.25, -0.2) is 0 Å². The maximum atomic E-state index is 5.56. The second kappa shape index (κ2) is 7.34. The van der Waals surface area contributed by atoms with Crippen molar-refractivity contribution in [2.75, 3.05) is 26.7 Å². The normalized spacial score (nSPS) is 11.0. The Balaban J connectivity index is 2.83. The molecule has 0 aromatic carbocycles. The van der Waals surface area contributed by atoms with E-state index in [1.807, 2.05) is 13.1 Å². The van der Waals surface area contributed by atoms with E-state index in [4.69, 9.17) is 10.5 Å². The molecule has 0 saturated carbocycles. The van der Waals surface area contributed by atoms with Gasteiger partial charge in [0.25, 0.3) is 0 Å². The molecule has 0 atom stereocenters. The van der Waals surface area contributed by atoms with E-state index >= 15 is 0 Å². The molecule has 0 aliphatic carbocycles. The molecule has 0 aliphatic rings. The Morgan fingerprint density at radius 2 is 2.11 bits per heavy atom. The van der Waals surface area contributed by atoms with Crippen molar-refractivity contribution in [3.8, 4) is 5.75 Å². The van der Waals surface area contributed by atoms with Crippen LogP contribution in [0, 0.1) is 13.8 Å². The number of rotatable bonds is 7. The van der Waals surface area contributed by atoms with Gasteiger partial charge in [0.1, 0.15) is 5.75 Å². The minimum atomic E-state index is 0.736. The van der Waals surface area contributed by atoms with Gasteiger partial charge in [0, 0.05) is 23.9 Å². The second-order valence-electron chi connectivity index (χ2n) is 4.56. The molecule has 0 unspecified atom stereocenters. The van der Waals surface area contributed by atoms with Gasteiger partial charge in [0.15, 0.2) is 0 Å². The van der Waals surface area contributed by atoms with Gasteiger partial charge in [-0.2, -0.15) is 0 Å². The zero-order valence-electron chi connectivity index (χ0n) is 12.0. The Bertz CT molecular complexity index is 380. The van der Waals surface area contributed by atoms with Crippen molar-refractivity contribution < 1.29 is 4.74 Å². The van der Waals surface area contributed by atoms with Crippen LogP contribution in [-0.4, -0.2) is 36.6 Å². The quantitative estimate of drug-likeness (QED) is 0.804. The fourth-order valence-electron chi connectivity index (χ4n) is 2.11. The molecule has 1 heterocycles. The molecule has 0 bridgehead atoms. The zero-order chi connectivity index (χ0) is 13.5. The van der Waals surface area contributed by atoms with Gasteiger partial charge in [0.2, 0.25) is 0 Å². The summed E-state index contributed by atoms with van der Waals surface area (Å²) < 4.78 is 5.43. The number of hydrogen-bond acceptors (Lipinski definition) is 4. The maximum absolute atomic E-state index is 5.56. The van der Waals surface area contributed by atoms with Crippen LogP contribution < -0.4 is 10.5 Å². The van der Waals surface area contributed by atoms with Crippen LogP contribution in [0.15, 0.2) is 6.20 Å². The number of hydrogen-bond donors (Lipinski definition) is 1. The number of nitrogens with two attached hydrogens (primary N) is 1. The molecule has 4 heteroatoms. The highest BCUT2D eigenvalue weighted by Crippen LogP contribution is 2.24. The van der Waals surface area contributed by atoms with E-state index in [2.05, 4.69) is 23.7 Å². The van der Waals surface area contributed by atoms with Crippen molar-refractivity contribution in [2.45, 2.75) is 33.7 Å². The first-order valence-electron chi connectivity index (χ1n) is 6.55. The van der Waals surface area contributed by atoms with E-state index in [9.17, 15) is 0 Å². The molecule has 18 heavy (non-hydrogen) atoms. The average Bonchev–Trinajstić information content (AvgIpc) is 2.37. The highest BCUT2D eigenvalue weighted by atomic mass is 16.5. The van der Waals surface area contributed by atoms with Crippen molar-refractivity contribution in [2.24, 2.45) is 5.73 Å². The lowest BCUT2D eigenvalue weighted by Crippen LogP contribution is -2.26. The van der Waals surface area contributed by atoms with Crippen LogP contribution in [-0.2, 0) is 6.54 Å². The summed E-state index contributed by atoms with van der Waals surface area (Å²) in [5.74, 6) is 0.954. The van der Waals surface area contributed by atoms with Crippen LogP contribution in [0.2, 0.25) is 0 Å². The van der Waals surface area contributed by atoms with Crippen molar-refractivity contribution in [3.63, 3.8) is 0 Å². The number of aryl methyl sites for hydroxylation is 1. The Labute approximate surface area is 110 Å². The lowest BCUT2D eigenvalue weighted by molar-refractivity contribution is 0.273. The van der Waals surface area contributed by atoms with Crippen LogP contribution in [0.25, 0.3) is 0 Å². The molecule has 0 aliphatic heterocycles. The summed E-state index contributed by atoms with van der Waals surface area (Å²) in [4.78, 5) is 6.89. The fourth-order valence-corrected chi connectivity index (χ4v) is 2.11. The van der Waals surface area contributed by atoms with Gasteiger partial charge >= 0.3 is 0 Å². The number of methoxy groups -OCH3 is 1. The van der Waals surface area contributed by atoms with E-state index in [1.165, 1.54) is 0 Å². The minimum Gasteiger partial charge on any atom is -0.496 e. The Hall–Kier alpha value is -1.13. The molecule has 1 aromatic heterocycles. The third-order valence-corrected chi connectivity index (χ3v) is 3.25. The summed E-state index contributed by atoms with van der Waals surface area (Å²) in [6.07, 6.45) is 2.91. The molecule has 0 radical (unpaired) electrons. The molecule has 0 amide bonds. The van der Waals surface area contributed by atoms with Gasteiger partial charge in [-0.15, -0.1) is 0 Å². The summed E-state index contributed by atoms with van der Waals surface area (Å²) in [6.45, 7) is 9.89. The molecule has 2 N–H and O–H groups in total. The van der Waals surface area contributed by atoms with E-state index in [1.54, 1.807) is 7.11 Å². The number of ether oxygens (including phenoxy) is 1. The first kappa shape index (κ1) is 14.9. The lowest BCUT2D eigenvalue weighted by Gasteiger charge is -2.21. The van der Waals surface area contributed by atoms with Gasteiger partial charge in [-0.1, -0.05) is 6.92 Å². The first-order chi connectivity index (χ1) is 8.63. The molecule has 1 aromatic rings. The topological polar surface area (TPSA) is 51.4 Å². The van der Waals surface area contributed by atoms with E-state index < -0.39 is 0 Å². The van der Waals surface area contributed by atoms with Crippen LogP contribution >= 0.6 is 0 Å². The highest BCUT2D eigenvalue weighted by Gasteiger charge is 2.12. The predicted molar refractivity (Wildman–Crippen MR) is 74.9 cm³/mol. The van der Waals surface area contributed by atoms with E-state index in [0.717, 1.165) is 55.2 Å². The standard InChI is InChI=1S/C14H25N3O/c1-5-17(8-6-7-15)10-13-12(3)14(18-4)11(2)9-16-13/h9H,5-8,10,15H2,1-4H3. The maximum Gasteiger partial charge on any atom is 0.128 e. The monoisotopic (exact) mass is 251 g/mol. The average molecular weight is 251 g/mol. The summed E-state index contributed by atoms with van der Waals surface area (Å²) in [7, 11) is 1.71. The summed E-state index contributed by atoms with van der Waals surface area (Å²) in [5.41, 5.74) is 8.88. The fraction of sp³-hybridized carbons (Fsp3) is 0.643. The Morgan fingerprint density at radius 3 is 2.67 bits per heavy atom. The SMILES string of the molecule is CCN(CCCN)Cc1ncc(C)c(OC)c1C. The molecule has 0 spiro atoms. The number of aromatic nitrogens is 1. The second-order valence-corrected chi connectivity index (χ2v) is 4.56. The van der Waals surface area contributed by atoms with Crippen molar-refractivity contribution >= 4 is 0 Å². The predicted octanol–water partition coefficient (Wildman–Crippen LogP) is 1.88. The van der Waals surface area contributed by atoms with Crippen molar-refractivity contribution in [3.05, 3.63) is 23.0 Å². The lowest BCUT2D eigenvalue weighted by atomic mass is 10.1. The minimum absolute atomic E-state index is 0.736. The van der Waals surface area contributed by atoms with Crippen LogP contribution in [0.4, 0.5) is 0 Å². The molecule has 0 saturated heterocycles. The third-order valence-electron chi connectivity index (χ3n) is 3.25. The summed E-state index contributed by atoms with van der Waals surface area (Å²) >= 11 is 0. The molecular formula is C14H25N3O. The molecule has 4 nitrogen and oxygen atoms in total. The van der Waals surface area contributed by atoms with Crippen molar-refractivity contribution in [1.29, 1.82) is 0 Å². The molecule has 0 fully saturated rings. The van der Waals surface area contributed by atoms with Crippen LogP contribution in [0.1, 0.15) is 30.2 Å². The van der Waals surface area contributed by atoms with Crippen LogP contribution in [0.3, 0.4) is 0 Å². The summed E-state index contributed by atoms with van der Waals surface area (Å²) in [6, 6.07) is 0. The van der Waals surface area contributed by atoms with Gasteiger partial charge < -0.3 is 10.5 Å². The summed E-state index contributed by atoms with van der Waals surface area (Å²) in [5, 5.41) is 0. The third kappa shape index (κ3) is 3.68. The molecule has 102 valence electrons. The largest absolute Gasteiger partial charge is 0.496 e. The highest BCUT2D eigenvalue weighted by molar-refractivity contribution is 5.40. The van der Waals surface area contributed by atoms with Gasteiger partial charge in [-0.3, -0.25) is 9.88 Å². The first-order valence-corrected chi connectivity index (χ1v) is 6.55. The van der Waals surface area contributed by atoms with E-state index in [0.29, 0.717) is 0 Å². The zero-order valence-corrected chi connectivity index (χ0v) is 12.0. The molecular weight excluding hydrogens is 226 g/mol. The van der Waals surface area contributed by atoms with Gasteiger partial charge in [-0.05, 0) is 39.9 Å². The number of pyridine rings is 1.